The third-order valence-corrected chi connectivity index (χ3v) is 4.67. The molecule has 2 aromatic carbocycles. The predicted molar refractivity (Wildman–Crippen MR) is 104 cm³/mol. The van der Waals surface area contributed by atoms with Crippen molar-refractivity contribution in [1.29, 1.82) is 0 Å². The molecule has 0 unspecified atom stereocenters. The maximum Gasteiger partial charge on any atom is 0.310 e. The molecule has 0 atom stereocenters. The molecule has 3 rings (SSSR count). The first-order valence-corrected chi connectivity index (χ1v) is 8.96. The first kappa shape index (κ1) is 18.5. The molecular formula is C19H17N3O4S. The number of aromatic nitrogens is 1. The van der Waals surface area contributed by atoms with E-state index in [0.717, 1.165) is 21.7 Å². The number of carbonyl (C=O) groups is 1. The van der Waals surface area contributed by atoms with Crippen molar-refractivity contribution in [2.75, 3.05) is 11.9 Å². The van der Waals surface area contributed by atoms with Crippen LogP contribution in [0.5, 0.6) is 5.75 Å². The Hall–Kier alpha value is -3.26. The number of rotatable bonds is 6. The van der Waals surface area contributed by atoms with Gasteiger partial charge in [0.05, 0.1) is 10.6 Å². The Balaban J connectivity index is 1.66. The summed E-state index contributed by atoms with van der Waals surface area (Å²) in [5.74, 6) is -0.384. The highest BCUT2D eigenvalue weighted by Crippen LogP contribution is 2.30. The molecule has 0 radical (unpaired) electrons. The number of nitro benzene ring substituents is 1. The van der Waals surface area contributed by atoms with Gasteiger partial charge in [-0.3, -0.25) is 20.2 Å². The molecule has 0 saturated carbocycles. The van der Waals surface area contributed by atoms with E-state index in [1.807, 2.05) is 38.1 Å². The fraction of sp³-hybridized carbons (Fsp3) is 0.158. The number of thiazole rings is 1. The third-order valence-electron chi connectivity index (χ3n) is 3.79. The fourth-order valence-corrected chi connectivity index (χ4v) is 3.31. The molecule has 1 amide bonds. The van der Waals surface area contributed by atoms with Gasteiger partial charge in [-0.1, -0.05) is 42.0 Å². The Kier molecular flexibility index (Phi) is 5.46. The molecule has 0 aliphatic rings. The fourth-order valence-electron chi connectivity index (χ4n) is 2.46. The molecule has 0 bridgehead atoms. The number of nitrogens with one attached hydrogen (secondary N) is 1. The van der Waals surface area contributed by atoms with Crippen LogP contribution in [-0.2, 0) is 4.79 Å². The number of hydrogen-bond donors (Lipinski definition) is 1. The average Bonchev–Trinajstić information content (AvgIpc) is 3.01. The summed E-state index contributed by atoms with van der Waals surface area (Å²) in [5, 5.41) is 14.1. The van der Waals surface area contributed by atoms with Gasteiger partial charge in [0.15, 0.2) is 17.5 Å². The maximum atomic E-state index is 12.1. The lowest BCUT2D eigenvalue weighted by Crippen LogP contribution is -2.20. The molecular weight excluding hydrogens is 366 g/mol. The highest BCUT2D eigenvalue weighted by atomic mass is 32.1. The summed E-state index contributed by atoms with van der Waals surface area (Å²) >= 11 is 1.36. The van der Waals surface area contributed by atoms with Crippen LogP contribution in [0, 0.1) is 24.0 Å². The minimum absolute atomic E-state index is 0.0494. The van der Waals surface area contributed by atoms with Crippen molar-refractivity contribution < 1.29 is 14.5 Å². The molecule has 0 spiro atoms. The smallest absolute Gasteiger partial charge is 0.310 e. The molecule has 1 aromatic heterocycles. The van der Waals surface area contributed by atoms with Gasteiger partial charge < -0.3 is 4.74 Å². The minimum atomic E-state index is -0.550. The van der Waals surface area contributed by atoms with Crippen molar-refractivity contribution in [2.24, 2.45) is 0 Å². The third kappa shape index (κ3) is 4.48. The summed E-state index contributed by atoms with van der Waals surface area (Å²) in [5.41, 5.74) is 2.77. The monoisotopic (exact) mass is 383 g/mol. The second-order valence-electron chi connectivity index (χ2n) is 5.85. The molecule has 8 heteroatoms. The van der Waals surface area contributed by atoms with Gasteiger partial charge in [0.25, 0.3) is 5.91 Å². The normalized spacial score (nSPS) is 10.4. The predicted octanol–water partition coefficient (Wildman–Crippen LogP) is 4.35. The largest absolute Gasteiger partial charge is 0.477 e. The van der Waals surface area contributed by atoms with Crippen molar-refractivity contribution >= 4 is 28.1 Å². The lowest BCUT2D eigenvalue weighted by atomic mass is 10.1. The maximum absolute atomic E-state index is 12.1. The molecule has 1 heterocycles. The molecule has 0 fully saturated rings. The van der Waals surface area contributed by atoms with Crippen LogP contribution in [0.3, 0.4) is 0 Å². The van der Waals surface area contributed by atoms with Crippen LogP contribution in [0.1, 0.15) is 10.4 Å². The number of nitro groups is 1. The molecule has 1 N–H and O–H groups in total. The van der Waals surface area contributed by atoms with E-state index >= 15 is 0 Å². The number of anilines is 1. The summed E-state index contributed by atoms with van der Waals surface area (Å²) < 4.78 is 5.29. The van der Waals surface area contributed by atoms with E-state index < -0.39 is 10.8 Å². The lowest BCUT2D eigenvalue weighted by molar-refractivity contribution is -0.385. The van der Waals surface area contributed by atoms with Gasteiger partial charge >= 0.3 is 5.69 Å². The van der Waals surface area contributed by atoms with Crippen LogP contribution in [0.4, 0.5) is 10.8 Å². The number of nitrogens with zero attached hydrogens (tertiary/aromatic N) is 2. The summed E-state index contributed by atoms with van der Waals surface area (Å²) in [6.45, 7) is 3.61. The number of ether oxygens (including phenoxy) is 1. The highest BCUT2D eigenvalue weighted by molar-refractivity contribution is 7.16. The topological polar surface area (TPSA) is 94.4 Å². The standard InChI is InChI=1S/C19H17N3O4S/c1-12-7-9-14(10-8-12)18-13(2)27-19(21-18)20-17(23)11-26-16-6-4-3-5-15(16)22(24)25/h3-10H,11H2,1-2H3,(H,20,21,23). The van der Waals surface area contributed by atoms with E-state index in [1.54, 1.807) is 6.07 Å². The zero-order valence-electron chi connectivity index (χ0n) is 14.8. The van der Waals surface area contributed by atoms with Crippen molar-refractivity contribution in [3.8, 4) is 17.0 Å². The van der Waals surface area contributed by atoms with E-state index in [1.165, 1.54) is 29.5 Å². The Morgan fingerprint density at radius 1 is 1.19 bits per heavy atom. The number of hydrogen-bond acceptors (Lipinski definition) is 6. The first-order valence-electron chi connectivity index (χ1n) is 8.14. The Bertz CT molecular complexity index is 983. The molecule has 3 aromatic rings. The van der Waals surface area contributed by atoms with Crippen LogP contribution in [0.2, 0.25) is 0 Å². The zero-order valence-corrected chi connectivity index (χ0v) is 15.6. The average molecular weight is 383 g/mol. The first-order chi connectivity index (χ1) is 12.9. The van der Waals surface area contributed by atoms with Crippen LogP contribution < -0.4 is 10.1 Å². The summed E-state index contributed by atoms with van der Waals surface area (Å²) in [6, 6.07) is 13.9. The molecule has 27 heavy (non-hydrogen) atoms. The van der Waals surface area contributed by atoms with Crippen LogP contribution in [0.15, 0.2) is 48.5 Å². The van der Waals surface area contributed by atoms with Gasteiger partial charge in [0.1, 0.15) is 0 Å². The van der Waals surface area contributed by atoms with E-state index in [4.69, 9.17) is 4.74 Å². The quantitative estimate of drug-likeness (QED) is 0.504. The van der Waals surface area contributed by atoms with E-state index in [-0.39, 0.29) is 18.0 Å². The SMILES string of the molecule is Cc1ccc(-c2nc(NC(=O)COc3ccccc3[N+](=O)[O-])sc2C)cc1. The minimum Gasteiger partial charge on any atom is -0.477 e. The summed E-state index contributed by atoms with van der Waals surface area (Å²) in [6.07, 6.45) is 0. The van der Waals surface area contributed by atoms with Crippen LogP contribution >= 0.6 is 11.3 Å². The van der Waals surface area contributed by atoms with E-state index in [0.29, 0.717) is 5.13 Å². The molecule has 138 valence electrons. The Labute approximate surface area is 159 Å². The summed E-state index contributed by atoms with van der Waals surface area (Å²) in [7, 11) is 0. The van der Waals surface area contributed by atoms with Gasteiger partial charge in [0.2, 0.25) is 0 Å². The second-order valence-corrected chi connectivity index (χ2v) is 7.05. The van der Waals surface area contributed by atoms with E-state index in [2.05, 4.69) is 10.3 Å². The van der Waals surface area contributed by atoms with Crippen molar-refractivity contribution in [2.45, 2.75) is 13.8 Å². The molecule has 0 saturated heterocycles. The molecule has 0 aliphatic carbocycles. The van der Waals surface area contributed by atoms with Gasteiger partial charge in [-0.25, -0.2) is 4.98 Å². The van der Waals surface area contributed by atoms with Crippen LogP contribution in [-0.4, -0.2) is 22.4 Å². The summed E-state index contributed by atoms with van der Waals surface area (Å²) in [4.78, 5) is 28.0. The zero-order chi connectivity index (χ0) is 19.4. The Morgan fingerprint density at radius 2 is 1.89 bits per heavy atom. The molecule has 0 aliphatic heterocycles. The number of benzene rings is 2. The van der Waals surface area contributed by atoms with Gasteiger partial charge in [-0.15, -0.1) is 11.3 Å². The lowest BCUT2D eigenvalue weighted by Gasteiger charge is -2.06. The van der Waals surface area contributed by atoms with Crippen LogP contribution in [0.25, 0.3) is 11.3 Å². The number of carbonyl (C=O) groups excluding carboxylic acids is 1. The van der Waals surface area contributed by atoms with Crippen molar-refractivity contribution in [1.82, 2.24) is 4.98 Å². The highest BCUT2D eigenvalue weighted by Gasteiger charge is 2.16. The Morgan fingerprint density at radius 3 is 2.59 bits per heavy atom. The van der Waals surface area contributed by atoms with E-state index in [9.17, 15) is 14.9 Å². The molecule has 7 nitrogen and oxygen atoms in total. The van der Waals surface area contributed by atoms with Gasteiger partial charge in [0, 0.05) is 16.5 Å². The second kappa shape index (κ2) is 7.96. The van der Waals surface area contributed by atoms with Gasteiger partial charge in [-0.2, -0.15) is 0 Å². The number of para-hydroxylation sites is 2. The number of aryl methyl sites for hydroxylation is 2. The van der Waals surface area contributed by atoms with Gasteiger partial charge in [-0.05, 0) is 19.9 Å². The van der Waals surface area contributed by atoms with Crippen molar-refractivity contribution in [3.63, 3.8) is 0 Å². The van der Waals surface area contributed by atoms with Crippen molar-refractivity contribution in [3.05, 3.63) is 69.1 Å². The number of amides is 1.